The first kappa shape index (κ1) is 12.9. The number of nitrogens with zero attached hydrogens (tertiary/aromatic N) is 1. The van der Waals surface area contributed by atoms with Crippen molar-refractivity contribution in [1.82, 2.24) is 4.90 Å². The summed E-state index contributed by atoms with van der Waals surface area (Å²) in [5, 5.41) is 0. The highest BCUT2D eigenvalue weighted by molar-refractivity contribution is 5.01. The lowest BCUT2D eigenvalue weighted by atomic mass is 9.89. The fraction of sp³-hybridized carbons (Fsp3) is 1.00. The molecule has 0 aromatic rings. The number of rotatable bonds is 5. The van der Waals surface area contributed by atoms with E-state index < -0.39 is 0 Å². The van der Waals surface area contributed by atoms with Crippen molar-refractivity contribution in [2.45, 2.75) is 51.1 Å². The van der Waals surface area contributed by atoms with Gasteiger partial charge in [0.1, 0.15) is 0 Å². The standard InChI is InChI=1S/C12H26N2O/c1-5-12(9-13,10-15-4)14-8-6-7-11(14,2)3/h5-10,13H2,1-4H3. The van der Waals surface area contributed by atoms with Gasteiger partial charge in [0.15, 0.2) is 0 Å². The molecule has 0 aromatic carbocycles. The van der Waals surface area contributed by atoms with Crippen molar-refractivity contribution < 1.29 is 4.74 Å². The van der Waals surface area contributed by atoms with Crippen LogP contribution < -0.4 is 5.73 Å². The Labute approximate surface area is 94.0 Å². The maximum absolute atomic E-state index is 5.98. The van der Waals surface area contributed by atoms with Gasteiger partial charge in [-0.15, -0.1) is 0 Å². The van der Waals surface area contributed by atoms with Gasteiger partial charge in [-0.05, 0) is 39.7 Å². The summed E-state index contributed by atoms with van der Waals surface area (Å²) in [6.07, 6.45) is 3.59. The largest absolute Gasteiger partial charge is 0.383 e. The van der Waals surface area contributed by atoms with Crippen molar-refractivity contribution >= 4 is 0 Å². The van der Waals surface area contributed by atoms with Crippen LogP contribution in [-0.4, -0.2) is 42.8 Å². The summed E-state index contributed by atoms with van der Waals surface area (Å²) in [6, 6.07) is 0. The van der Waals surface area contributed by atoms with E-state index in [-0.39, 0.29) is 11.1 Å². The number of hydrogen-bond acceptors (Lipinski definition) is 3. The third kappa shape index (κ3) is 2.35. The molecular formula is C12H26N2O. The average molecular weight is 214 g/mol. The molecule has 1 saturated heterocycles. The first-order valence-electron chi connectivity index (χ1n) is 5.99. The second kappa shape index (κ2) is 4.81. The molecule has 0 saturated carbocycles. The molecule has 1 rings (SSSR count). The summed E-state index contributed by atoms with van der Waals surface area (Å²) in [5.74, 6) is 0. The second-order valence-corrected chi connectivity index (χ2v) is 5.28. The molecule has 3 nitrogen and oxygen atoms in total. The van der Waals surface area contributed by atoms with Crippen LogP contribution in [0.15, 0.2) is 0 Å². The Balaban J connectivity index is 2.87. The van der Waals surface area contributed by atoms with Crippen LogP contribution in [0.3, 0.4) is 0 Å². The molecular weight excluding hydrogens is 188 g/mol. The number of ether oxygens (including phenoxy) is 1. The summed E-state index contributed by atoms with van der Waals surface area (Å²) < 4.78 is 5.37. The number of methoxy groups -OCH3 is 1. The van der Waals surface area contributed by atoms with Gasteiger partial charge in [-0.1, -0.05) is 6.92 Å². The molecule has 0 aromatic heterocycles. The Hall–Kier alpha value is -0.120. The Morgan fingerprint density at radius 2 is 2.13 bits per heavy atom. The second-order valence-electron chi connectivity index (χ2n) is 5.28. The lowest BCUT2D eigenvalue weighted by Crippen LogP contribution is -2.61. The molecule has 1 unspecified atom stereocenters. The fourth-order valence-electron chi connectivity index (χ4n) is 2.94. The molecule has 15 heavy (non-hydrogen) atoms. The van der Waals surface area contributed by atoms with Crippen molar-refractivity contribution in [2.75, 3.05) is 26.8 Å². The van der Waals surface area contributed by atoms with Crippen molar-refractivity contribution in [3.8, 4) is 0 Å². The highest BCUT2D eigenvalue weighted by atomic mass is 16.5. The van der Waals surface area contributed by atoms with Crippen LogP contribution in [0, 0.1) is 0 Å². The molecule has 1 atom stereocenters. The molecule has 2 N–H and O–H groups in total. The van der Waals surface area contributed by atoms with E-state index in [9.17, 15) is 0 Å². The van der Waals surface area contributed by atoms with E-state index in [0.717, 1.165) is 19.6 Å². The fourth-order valence-corrected chi connectivity index (χ4v) is 2.94. The molecule has 1 fully saturated rings. The third-order valence-electron chi connectivity index (χ3n) is 3.92. The van der Waals surface area contributed by atoms with E-state index in [1.165, 1.54) is 12.8 Å². The molecule has 1 aliphatic rings. The Kier molecular flexibility index (Phi) is 4.15. The molecule has 3 heteroatoms. The molecule has 90 valence electrons. The van der Waals surface area contributed by atoms with Crippen molar-refractivity contribution in [2.24, 2.45) is 5.73 Å². The molecule has 0 amide bonds. The van der Waals surface area contributed by atoms with E-state index in [2.05, 4.69) is 25.7 Å². The quantitative estimate of drug-likeness (QED) is 0.755. The van der Waals surface area contributed by atoms with E-state index in [4.69, 9.17) is 10.5 Å². The number of likely N-dealkylation sites (tertiary alicyclic amines) is 1. The van der Waals surface area contributed by atoms with Crippen LogP contribution in [0.2, 0.25) is 0 Å². The van der Waals surface area contributed by atoms with Crippen LogP contribution >= 0.6 is 0 Å². The van der Waals surface area contributed by atoms with Crippen LogP contribution in [0.5, 0.6) is 0 Å². The lowest BCUT2D eigenvalue weighted by molar-refractivity contribution is -0.0228. The predicted octanol–water partition coefficient (Wildman–Crippen LogP) is 1.61. The van der Waals surface area contributed by atoms with Gasteiger partial charge in [0.05, 0.1) is 12.1 Å². The average Bonchev–Trinajstić information content (AvgIpc) is 2.56. The highest BCUT2D eigenvalue weighted by Crippen LogP contribution is 2.36. The zero-order chi connectivity index (χ0) is 11.5. The molecule has 1 aliphatic heterocycles. The SMILES string of the molecule is CCC(CN)(COC)N1CCCC1(C)C. The Bertz CT molecular complexity index is 200. The molecule has 0 bridgehead atoms. The summed E-state index contributed by atoms with van der Waals surface area (Å²) in [7, 11) is 1.77. The minimum Gasteiger partial charge on any atom is -0.383 e. The van der Waals surface area contributed by atoms with Crippen LogP contribution in [0.1, 0.15) is 40.0 Å². The van der Waals surface area contributed by atoms with Gasteiger partial charge < -0.3 is 10.5 Å². The van der Waals surface area contributed by atoms with Crippen molar-refractivity contribution in [3.63, 3.8) is 0 Å². The van der Waals surface area contributed by atoms with Gasteiger partial charge in [-0.3, -0.25) is 4.90 Å². The third-order valence-corrected chi connectivity index (χ3v) is 3.92. The highest BCUT2D eigenvalue weighted by Gasteiger charge is 2.44. The monoisotopic (exact) mass is 214 g/mol. The summed E-state index contributed by atoms with van der Waals surface area (Å²) in [5.41, 5.74) is 6.29. The van der Waals surface area contributed by atoms with Gasteiger partial charge in [-0.25, -0.2) is 0 Å². The molecule has 0 spiro atoms. The van der Waals surface area contributed by atoms with Crippen molar-refractivity contribution in [1.29, 1.82) is 0 Å². The van der Waals surface area contributed by atoms with Gasteiger partial charge in [0.25, 0.3) is 0 Å². The summed E-state index contributed by atoms with van der Waals surface area (Å²) in [4.78, 5) is 2.56. The zero-order valence-electron chi connectivity index (χ0n) is 10.7. The summed E-state index contributed by atoms with van der Waals surface area (Å²) in [6.45, 7) is 9.41. The molecule has 0 radical (unpaired) electrons. The smallest absolute Gasteiger partial charge is 0.0659 e. The van der Waals surface area contributed by atoms with E-state index in [1.807, 2.05) is 0 Å². The van der Waals surface area contributed by atoms with Gasteiger partial charge in [0.2, 0.25) is 0 Å². The predicted molar refractivity (Wildman–Crippen MR) is 64.0 cm³/mol. The first-order chi connectivity index (χ1) is 7.02. The number of hydrogen-bond donors (Lipinski definition) is 1. The van der Waals surface area contributed by atoms with Crippen LogP contribution in [0.25, 0.3) is 0 Å². The number of nitrogens with two attached hydrogens (primary N) is 1. The minimum atomic E-state index is 0.0365. The Morgan fingerprint density at radius 3 is 2.47 bits per heavy atom. The van der Waals surface area contributed by atoms with E-state index in [1.54, 1.807) is 7.11 Å². The van der Waals surface area contributed by atoms with E-state index >= 15 is 0 Å². The maximum Gasteiger partial charge on any atom is 0.0659 e. The van der Waals surface area contributed by atoms with Crippen molar-refractivity contribution in [3.05, 3.63) is 0 Å². The summed E-state index contributed by atoms with van der Waals surface area (Å²) >= 11 is 0. The lowest BCUT2D eigenvalue weighted by Gasteiger charge is -2.47. The maximum atomic E-state index is 5.98. The van der Waals surface area contributed by atoms with E-state index in [0.29, 0.717) is 6.54 Å². The van der Waals surface area contributed by atoms with Gasteiger partial charge >= 0.3 is 0 Å². The van der Waals surface area contributed by atoms with Gasteiger partial charge in [-0.2, -0.15) is 0 Å². The van der Waals surface area contributed by atoms with Crippen LogP contribution in [-0.2, 0) is 4.74 Å². The molecule has 0 aliphatic carbocycles. The minimum absolute atomic E-state index is 0.0365. The first-order valence-corrected chi connectivity index (χ1v) is 5.99. The topological polar surface area (TPSA) is 38.5 Å². The molecule has 1 heterocycles. The van der Waals surface area contributed by atoms with Crippen LogP contribution in [0.4, 0.5) is 0 Å². The van der Waals surface area contributed by atoms with Gasteiger partial charge in [0, 0.05) is 19.2 Å². The Morgan fingerprint density at radius 1 is 1.47 bits per heavy atom. The zero-order valence-corrected chi connectivity index (χ0v) is 10.7. The normalized spacial score (nSPS) is 25.4.